The van der Waals surface area contributed by atoms with Crippen molar-refractivity contribution < 1.29 is 23.2 Å². The van der Waals surface area contributed by atoms with Gasteiger partial charge in [0.1, 0.15) is 5.69 Å². The number of amides is 2. The number of carbonyl (C=O) groups excluding carboxylic acids is 3. The number of nitrogens with zero attached hydrogens (tertiary/aromatic N) is 3. The van der Waals surface area contributed by atoms with E-state index in [1.54, 1.807) is 17.7 Å². The van der Waals surface area contributed by atoms with Gasteiger partial charge < -0.3 is 15.2 Å². The van der Waals surface area contributed by atoms with Gasteiger partial charge in [0.05, 0.1) is 16.8 Å². The number of aromatic nitrogens is 4. The second kappa shape index (κ2) is 7.61. The predicted octanol–water partition coefficient (Wildman–Crippen LogP) is 2.38. The van der Waals surface area contributed by atoms with E-state index in [1.165, 1.54) is 6.07 Å². The Labute approximate surface area is 186 Å². The summed E-state index contributed by atoms with van der Waals surface area (Å²) in [5, 5.41) is 15.5. The third-order valence-corrected chi connectivity index (χ3v) is 6.25. The maximum absolute atomic E-state index is 13.5. The highest BCUT2D eigenvalue weighted by Crippen LogP contribution is 2.44. The van der Waals surface area contributed by atoms with Gasteiger partial charge in [0, 0.05) is 30.2 Å². The summed E-state index contributed by atoms with van der Waals surface area (Å²) in [6.07, 6.45) is 4.14. The number of hydrogen-bond acceptors (Lipinski definition) is 5. The van der Waals surface area contributed by atoms with Gasteiger partial charge in [0.15, 0.2) is 11.6 Å². The summed E-state index contributed by atoms with van der Waals surface area (Å²) in [7, 11) is 0. The van der Waals surface area contributed by atoms with Crippen molar-refractivity contribution in [2.24, 2.45) is 0 Å². The van der Waals surface area contributed by atoms with Gasteiger partial charge in [-0.3, -0.25) is 19.5 Å². The zero-order valence-electron chi connectivity index (χ0n) is 17.7. The Hall–Kier alpha value is -3.89. The molecular formula is C22H20F2N6O3. The minimum Gasteiger partial charge on any atom is -0.341 e. The number of rotatable bonds is 6. The van der Waals surface area contributed by atoms with Crippen molar-refractivity contribution in [1.29, 1.82) is 0 Å². The molecule has 3 N–H and O–H groups in total. The molecule has 0 bridgehead atoms. The normalized spacial score (nSPS) is 15.7. The standard InChI is InChI=1S/C22H20F2N6O3/c1-11-17(20(32)26-12-4-5-13(23)14(24)9-12)15-3-2-8-30(15)18(11)19(31)21(33)27-22(6-7-22)16-10-25-29-28-16/h4-5,9-10H,2-3,6-8H2,1H3,(H,26,32)(H,27,33)(H,25,28,29). The van der Waals surface area contributed by atoms with Gasteiger partial charge >= 0.3 is 0 Å². The van der Waals surface area contributed by atoms with Crippen LogP contribution in [0.25, 0.3) is 0 Å². The van der Waals surface area contributed by atoms with E-state index in [0.717, 1.165) is 12.1 Å². The van der Waals surface area contributed by atoms with Crippen LogP contribution in [0.3, 0.4) is 0 Å². The topological polar surface area (TPSA) is 122 Å². The average Bonchev–Trinajstić information content (AvgIpc) is 3.14. The average molecular weight is 454 g/mol. The fourth-order valence-corrected chi connectivity index (χ4v) is 4.47. The maximum Gasteiger partial charge on any atom is 0.294 e. The molecule has 1 aliphatic heterocycles. The van der Waals surface area contributed by atoms with Gasteiger partial charge in [-0.2, -0.15) is 0 Å². The van der Waals surface area contributed by atoms with Crippen LogP contribution in [0.4, 0.5) is 14.5 Å². The molecule has 3 heterocycles. The Bertz CT molecular complexity index is 1290. The molecule has 0 radical (unpaired) electrons. The highest BCUT2D eigenvalue weighted by atomic mass is 19.2. The molecule has 0 spiro atoms. The third-order valence-electron chi connectivity index (χ3n) is 6.25. The first-order valence-corrected chi connectivity index (χ1v) is 10.5. The molecule has 0 saturated heterocycles. The van der Waals surface area contributed by atoms with Crippen LogP contribution in [0.2, 0.25) is 0 Å². The molecule has 170 valence electrons. The summed E-state index contributed by atoms with van der Waals surface area (Å²) in [6.45, 7) is 2.11. The number of aromatic amines is 1. The Balaban J connectivity index is 1.43. The first-order valence-electron chi connectivity index (χ1n) is 10.5. The van der Waals surface area contributed by atoms with Gasteiger partial charge in [-0.25, -0.2) is 8.78 Å². The Morgan fingerprint density at radius 1 is 1.18 bits per heavy atom. The number of nitrogens with one attached hydrogen (secondary N) is 3. The molecule has 5 rings (SSSR count). The van der Waals surface area contributed by atoms with Crippen LogP contribution >= 0.6 is 0 Å². The molecular weight excluding hydrogens is 434 g/mol. The molecule has 2 aliphatic rings. The predicted molar refractivity (Wildman–Crippen MR) is 112 cm³/mol. The summed E-state index contributed by atoms with van der Waals surface area (Å²) < 4.78 is 28.5. The van der Waals surface area contributed by atoms with Gasteiger partial charge in [-0.15, -0.1) is 5.10 Å². The summed E-state index contributed by atoms with van der Waals surface area (Å²) >= 11 is 0. The van der Waals surface area contributed by atoms with E-state index >= 15 is 0 Å². The smallest absolute Gasteiger partial charge is 0.294 e. The number of hydrogen-bond donors (Lipinski definition) is 3. The third kappa shape index (κ3) is 3.49. The van der Waals surface area contributed by atoms with E-state index in [1.807, 2.05) is 0 Å². The first-order chi connectivity index (χ1) is 15.8. The maximum atomic E-state index is 13.5. The lowest BCUT2D eigenvalue weighted by Crippen LogP contribution is -2.40. The molecule has 0 atom stereocenters. The van der Waals surface area contributed by atoms with Gasteiger partial charge in [-0.1, -0.05) is 5.21 Å². The van der Waals surface area contributed by atoms with Crippen LogP contribution in [-0.4, -0.2) is 37.6 Å². The van der Waals surface area contributed by atoms with Crippen molar-refractivity contribution in [2.75, 3.05) is 5.32 Å². The molecule has 1 aromatic carbocycles. The number of fused-ring (bicyclic) bond motifs is 1. The largest absolute Gasteiger partial charge is 0.341 e. The number of halogens is 2. The van der Waals surface area contributed by atoms with E-state index < -0.39 is 34.8 Å². The second-order valence-electron chi connectivity index (χ2n) is 8.36. The van der Waals surface area contributed by atoms with Gasteiger partial charge in [0.2, 0.25) is 0 Å². The number of carbonyl (C=O) groups is 3. The SMILES string of the molecule is Cc1c(C(=O)Nc2ccc(F)c(F)c2)c2n(c1C(=O)C(=O)NC1(c3c[nH]nn3)CC1)CCC2. The van der Waals surface area contributed by atoms with Crippen molar-refractivity contribution in [1.82, 2.24) is 25.3 Å². The Morgan fingerprint density at radius 2 is 1.97 bits per heavy atom. The van der Waals surface area contributed by atoms with Crippen molar-refractivity contribution in [3.05, 3.63) is 64.2 Å². The van der Waals surface area contributed by atoms with Crippen LogP contribution in [-0.2, 0) is 23.3 Å². The van der Waals surface area contributed by atoms with Crippen LogP contribution in [0.1, 0.15) is 57.1 Å². The Kier molecular flexibility index (Phi) is 4.84. The summed E-state index contributed by atoms with van der Waals surface area (Å²) in [6, 6.07) is 3.06. The number of anilines is 1. The Morgan fingerprint density at radius 3 is 2.64 bits per heavy atom. The molecule has 33 heavy (non-hydrogen) atoms. The molecule has 1 fully saturated rings. The van der Waals surface area contributed by atoms with Crippen molar-refractivity contribution in [3.8, 4) is 0 Å². The van der Waals surface area contributed by atoms with E-state index in [2.05, 4.69) is 26.0 Å². The molecule has 1 saturated carbocycles. The van der Waals surface area contributed by atoms with Crippen LogP contribution in [0.15, 0.2) is 24.4 Å². The quantitative estimate of drug-likeness (QED) is 0.390. The summed E-state index contributed by atoms with van der Waals surface area (Å²) in [4.78, 5) is 39.1. The molecule has 2 amide bonds. The number of H-pyrrole nitrogens is 1. The minimum atomic E-state index is -1.08. The summed E-state index contributed by atoms with van der Waals surface area (Å²) in [5.74, 6) is -4.17. The monoisotopic (exact) mass is 454 g/mol. The second-order valence-corrected chi connectivity index (χ2v) is 8.36. The van der Waals surface area contributed by atoms with Crippen LogP contribution < -0.4 is 10.6 Å². The molecule has 3 aromatic rings. The highest BCUT2D eigenvalue weighted by Gasteiger charge is 2.49. The van der Waals surface area contributed by atoms with Gasteiger partial charge in [0.25, 0.3) is 17.6 Å². The number of ketones is 1. The minimum absolute atomic E-state index is 0.0881. The fourth-order valence-electron chi connectivity index (χ4n) is 4.47. The lowest BCUT2D eigenvalue weighted by Gasteiger charge is -2.14. The van der Waals surface area contributed by atoms with Crippen molar-refractivity contribution in [2.45, 2.75) is 44.7 Å². The van der Waals surface area contributed by atoms with E-state index in [9.17, 15) is 23.2 Å². The van der Waals surface area contributed by atoms with Crippen molar-refractivity contribution >= 4 is 23.3 Å². The summed E-state index contributed by atoms with van der Waals surface area (Å²) in [5.41, 5.74) is 1.38. The van der Waals surface area contributed by atoms with E-state index in [0.29, 0.717) is 49.2 Å². The van der Waals surface area contributed by atoms with E-state index in [-0.39, 0.29) is 16.9 Å². The first kappa shape index (κ1) is 21.0. The zero-order valence-corrected chi connectivity index (χ0v) is 17.7. The van der Waals surface area contributed by atoms with Crippen molar-refractivity contribution in [3.63, 3.8) is 0 Å². The molecule has 1 aliphatic carbocycles. The molecule has 2 aromatic heterocycles. The highest BCUT2D eigenvalue weighted by molar-refractivity contribution is 6.43. The van der Waals surface area contributed by atoms with Gasteiger partial charge in [-0.05, 0) is 50.3 Å². The molecule has 0 unspecified atom stereocenters. The lowest BCUT2D eigenvalue weighted by molar-refractivity contribution is -0.118. The number of benzene rings is 1. The molecule has 11 heteroatoms. The lowest BCUT2D eigenvalue weighted by atomic mass is 10.0. The van der Waals surface area contributed by atoms with Crippen LogP contribution in [0, 0.1) is 18.6 Å². The van der Waals surface area contributed by atoms with E-state index in [4.69, 9.17) is 0 Å². The fraction of sp³-hybridized carbons (Fsp3) is 0.318. The van der Waals surface area contributed by atoms with Crippen LogP contribution in [0.5, 0.6) is 0 Å². The zero-order chi connectivity index (χ0) is 23.3. The number of Topliss-reactive ketones (excluding diaryl/α,β-unsaturated/α-hetero) is 1. The molecule has 9 nitrogen and oxygen atoms in total.